The molecule has 4 aromatic rings. The van der Waals surface area contributed by atoms with Crippen LogP contribution in [0, 0.1) is 19.8 Å². The minimum atomic E-state index is -0.435. The van der Waals surface area contributed by atoms with Crippen LogP contribution < -0.4 is 10.5 Å². The van der Waals surface area contributed by atoms with Gasteiger partial charge in [-0.25, -0.2) is 14.8 Å². The van der Waals surface area contributed by atoms with Crippen LogP contribution >= 0.6 is 11.3 Å². The van der Waals surface area contributed by atoms with Crippen LogP contribution in [0.4, 0.5) is 5.82 Å². The highest BCUT2D eigenvalue weighted by atomic mass is 32.1. The maximum atomic E-state index is 12.8. The Bertz CT molecular complexity index is 1430. The molecule has 1 saturated heterocycles. The molecule has 7 nitrogen and oxygen atoms in total. The molecule has 176 valence electrons. The zero-order valence-electron chi connectivity index (χ0n) is 19.6. The summed E-state index contributed by atoms with van der Waals surface area (Å²) < 4.78 is 11.0. The van der Waals surface area contributed by atoms with Crippen molar-refractivity contribution in [2.75, 3.05) is 18.0 Å². The van der Waals surface area contributed by atoms with Crippen LogP contribution in [0.1, 0.15) is 41.3 Å². The van der Waals surface area contributed by atoms with Gasteiger partial charge in [0.15, 0.2) is 0 Å². The van der Waals surface area contributed by atoms with E-state index in [0.717, 1.165) is 46.5 Å². The fourth-order valence-corrected chi connectivity index (χ4v) is 5.60. The third kappa shape index (κ3) is 4.18. The SMILES string of the molecule is CCc1ccc2c(COC(=O)C3CCN(c4ncnc5sc(C)c(C)c45)CC3)cc(=O)oc2c1. The molecule has 0 radical (unpaired) electrons. The fourth-order valence-electron chi connectivity index (χ4n) is 4.61. The Morgan fingerprint density at radius 3 is 2.76 bits per heavy atom. The van der Waals surface area contributed by atoms with Crippen LogP contribution in [0.2, 0.25) is 0 Å². The second-order valence-corrected chi connectivity index (χ2v) is 10.0. The van der Waals surface area contributed by atoms with Crippen molar-refractivity contribution in [1.82, 2.24) is 9.97 Å². The standard InChI is InChI=1S/C26H27N3O4S/c1-4-17-5-6-20-19(12-22(30)33-21(20)11-17)13-32-26(31)18-7-9-29(10-8-18)24-23-15(2)16(3)34-25(23)28-14-27-24/h5-6,11-12,14,18H,4,7-10,13H2,1-3H3. The molecule has 4 heterocycles. The smallest absolute Gasteiger partial charge is 0.336 e. The van der Waals surface area contributed by atoms with E-state index in [-0.39, 0.29) is 18.5 Å². The number of carbonyl (C=O) groups excluding carboxylic acids is 1. The van der Waals surface area contributed by atoms with E-state index in [1.165, 1.54) is 16.5 Å². The number of thiophene rings is 1. The third-order valence-electron chi connectivity index (χ3n) is 6.75. The molecule has 1 aromatic carbocycles. The lowest BCUT2D eigenvalue weighted by molar-refractivity contribution is -0.150. The van der Waals surface area contributed by atoms with E-state index in [9.17, 15) is 9.59 Å². The van der Waals surface area contributed by atoms with Crippen LogP contribution in [-0.2, 0) is 22.6 Å². The fraction of sp³-hybridized carbons (Fsp3) is 0.385. The van der Waals surface area contributed by atoms with Gasteiger partial charge in [0.05, 0.1) is 11.3 Å². The highest BCUT2D eigenvalue weighted by Gasteiger charge is 2.28. The third-order valence-corrected chi connectivity index (χ3v) is 7.86. The number of aromatic nitrogens is 2. The first-order valence-corrected chi connectivity index (χ1v) is 12.4. The zero-order valence-corrected chi connectivity index (χ0v) is 20.4. The van der Waals surface area contributed by atoms with Crippen molar-refractivity contribution in [2.45, 2.75) is 46.6 Å². The Balaban J connectivity index is 1.26. The van der Waals surface area contributed by atoms with Gasteiger partial charge in [0, 0.05) is 35.0 Å². The molecule has 0 unspecified atom stereocenters. The number of ether oxygens (including phenoxy) is 1. The van der Waals surface area contributed by atoms with Crippen molar-refractivity contribution in [3.05, 3.63) is 62.6 Å². The quantitative estimate of drug-likeness (QED) is 0.297. The largest absolute Gasteiger partial charge is 0.461 e. The first-order chi connectivity index (χ1) is 16.4. The molecule has 1 aliphatic rings. The lowest BCUT2D eigenvalue weighted by Gasteiger charge is -2.32. The number of carbonyl (C=O) groups is 1. The molecule has 5 rings (SSSR count). The summed E-state index contributed by atoms with van der Waals surface area (Å²) in [6.45, 7) is 7.80. The molecule has 0 N–H and O–H groups in total. The highest BCUT2D eigenvalue weighted by Crippen LogP contribution is 2.35. The number of esters is 1. The summed E-state index contributed by atoms with van der Waals surface area (Å²) in [4.78, 5) is 38.4. The Kier molecular flexibility index (Phi) is 6.08. The molecule has 1 fully saturated rings. The van der Waals surface area contributed by atoms with Crippen molar-refractivity contribution in [1.29, 1.82) is 0 Å². The molecule has 1 aliphatic heterocycles. The first-order valence-electron chi connectivity index (χ1n) is 11.6. The Labute approximate surface area is 201 Å². The Morgan fingerprint density at radius 1 is 1.21 bits per heavy atom. The van der Waals surface area contributed by atoms with E-state index in [1.807, 2.05) is 25.1 Å². The van der Waals surface area contributed by atoms with E-state index in [2.05, 4.69) is 28.7 Å². The van der Waals surface area contributed by atoms with E-state index >= 15 is 0 Å². The van der Waals surface area contributed by atoms with E-state index < -0.39 is 5.63 Å². The second-order valence-electron chi connectivity index (χ2n) is 8.80. The maximum absolute atomic E-state index is 12.8. The minimum Gasteiger partial charge on any atom is -0.461 e. The van der Waals surface area contributed by atoms with Crippen molar-refractivity contribution in [3.63, 3.8) is 0 Å². The normalized spacial score (nSPS) is 14.7. The van der Waals surface area contributed by atoms with Gasteiger partial charge in [0.1, 0.15) is 29.2 Å². The number of nitrogens with zero attached hydrogens (tertiary/aromatic N) is 3. The van der Waals surface area contributed by atoms with E-state index in [0.29, 0.717) is 24.0 Å². The van der Waals surface area contributed by atoms with E-state index in [1.54, 1.807) is 17.7 Å². The van der Waals surface area contributed by atoms with E-state index in [4.69, 9.17) is 9.15 Å². The Hall–Kier alpha value is -3.26. The van der Waals surface area contributed by atoms with Gasteiger partial charge >= 0.3 is 11.6 Å². The number of benzene rings is 1. The number of hydrogen-bond acceptors (Lipinski definition) is 8. The molecule has 0 atom stereocenters. The molecular formula is C26H27N3O4S. The molecule has 0 spiro atoms. The number of fused-ring (bicyclic) bond motifs is 2. The maximum Gasteiger partial charge on any atom is 0.336 e. The molecule has 0 bridgehead atoms. The summed E-state index contributed by atoms with van der Waals surface area (Å²) in [5, 5.41) is 1.92. The van der Waals surface area contributed by atoms with Crippen LogP contribution in [0.15, 0.2) is 39.8 Å². The average molecular weight is 478 g/mol. The molecule has 0 saturated carbocycles. The second kappa shape index (κ2) is 9.18. The summed E-state index contributed by atoms with van der Waals surface area (Å²) in [5.74, 6) is 0.561. The van der Waals surface area contributed by atoms with Crippen molar-refractivity contribution in [2.24, 2.45) is 5.92 Å². The minimum absolute atomic E-state index is 0.0620. The number of aryl methyl sites for hydroxylation is 3. The van der Waals surface area contributed by atoms with Gasteiger partial charge in [-0.2, -0.15) is 0 Å². The summed E-state index contributed by atoms with van der Waals surface area (Å²) in [7, 11) is 0. The van der Waals surface area contributed by atoms with Gasteiger partial charge < -0.3 is 14.1 Å². The number of hydrogen-bond donors (Lipinski definition) is 0. The van der Waals surface area contributed by atoms with Crippen molar-refractivity contribution >= 4 is 44.3 Å². The first kappa shape index (κ1) is 22.5. The van der Waals surface area contributed by atoms with Crippen LogP contribution in [0.5, 0.6) is 0 Å². The van der Waals surface area contributed by atoms with Gasteiger partial charge in [0.25, 0.3) is 0 Å². The number of anilines is 1. The predicted molar refractivity (Wildman–Crippen MR) is 133 cm³/mol. The molecule has 8 heteroatoms. The average Bonchev–Trinajstić information content (AvgIpc) is 3.15. The Morgan fingerprint density at radius 2 is 2.00 bits per heavy atom. The predicted octanol–water partition coefficient (Wildman–Crippen LogP) is 4.94. The number of rotatable bonds is 5. The summed E-state index contributed by atoms with van der Waals surface area (Å²) >= 11 is 1.69. The van der Waals surface area contributed by atoms with Gasteiger partial charge in [-0.1, -0.05) is 19.1 Å². The lowest BCUT2D eigenvalue weighted by Crippen LogP contribution is -2.37. The summed E-state index contributed by atoms with van der Waals surface area (Å²) in [5.41, 5.74) is 3.08. The number of piperidine rings is 1. The van der Waals surface area contributed by atoms with Gasteiger partial charge in [-0.05, 0) is 50.3 Å². The zero-order chi connectivity index (χ0) is 23.8. The monoisotopic (exact) mass is 477 g/mol. The van der Waals surface area contributed by atoms with Crippen molar-refractivity contribution in [3.8, 4) is 0 Å². The summed E-state index contributed by atoms with van der Waals surface area (Å²) in [6.07, 6.45) is 3.87. The molecule has 0 amide bonds. The van der Waals surface area contributed by atoms with Crippen LogP contribution in [0.25, 0.3) is 21.2 Å². The lowest BCUT2D eigenvalue weighted by atomic mass is 9.96. The van der Waals surface area contributed by atoms with Crippen LogP contribution in [-0.4, -0.2) is 29.0 Å². The summed E-state index contributed by atoms with van der Waals surface area (Å²) in [6, 6.07) is 7.22. The van der Waals surface area contributed by atoms with Crippen LogP contribution in [0.3, 0.4) is 0 Å². The molecule has 0 aliphatic carbocycles. The van der Waals surface area contributed by atoms with Crippen molar-refractivity contribution < 1.29 is 13.9 Å². The highest BCUT2D eigenvalue weighted by molar-refractivity contribution is 7.18. The van der Waals surface area contributed by atoms with Gasteiger partial charge in [0.2, 0.25) is 0 Å². The molecular weight excluding hydrogens is 450 g/mol. The molecule has 34 heavy (non-hydrogen) atoms. The van der Waals surface area contributed by atoms with Gasteiger partial charge in [-0.3, -0.25) is 4.79 Å². The van der Waals surface area contributed by atoms with Gasteiger partial charge in [-0.15, -0.1) is 11.3 Å². The molecule has 3 aromatic heterocycles. The topological polar surface area (TPSA) is 85.5 Å².